The third kappa shape index (κ3) is 1.61. The summed E-state index contributed by atoms with van der Waals surface area (Å²) in [5.41, 5.74) is 2.38. The molecule has 0 amide bonds. The molecule has 0 aliphatic rings. The number of carbonyl (C=O) groups excluding carboxylic acids is 2. The van der Waals surface area contributed by atoms with E-state index in [0.717, 1.165) is 11.1 Å². The Hall–Kier alpha value is -1.42. The number of rotatable bonds is 4. The molecule has 1 aromatic rings. The van der Waals surface area contributed by atoms with E-state index in [1.54, 1.807) is 14.0 Å². The lowest BCUT2D eigenvalue weighted by atomic mass is 10.1. The van der Waals surface area contributed by atoms with Gasteiger partial charge < -0.3 is 9.72 Å². The van der Waals surface area contributed by atoms with Crippen molar-refractivity contribution in [2.45, 2.75) is 20.0 Å². The second kappa shape index (κ2) is 4.19. The summed E-state index contributed by atoms with van der Waals surface area (Å²) in [5, 5.41) is 0. The number of hydrogen-bond acceptors (Lipinski definition) is 3. The molecular weight excluding hydrogens is 182 g/mol. The van der Waals surface area contributed by atoms with E-state index in [4.69, 9.17) is 4.74 Å². The minimum absolute atomic E-state index is 0.194. The summed E-state index contributed by atoms with van der Waals surface area (Å²) in [6.45, 7) is 3.62. The maximum Gasteiger partial charge on any atom is 0.166 e. The van der Waals surface area contributed by atoms with Gasteiger partial charge in [-0.05, 0) is 19.4 Å². The Labute approximate surface area is 82.3 Å². The third-order valence-corrected chi connectivity index (χ3v) is 2.36. The van der Waals surface area contributed by atoms with Crippen LogP contribution in [0.25, 0.3) is 0 Å². The maximum atomic E-state index is 10.7. The maximum absolute atomic E-state index is 10.7. The smallest absolute Gasteiger partial charge is 0.166 e. The predicted octanol–water partition coefficient (Wildman–Crippen LogP) is 1.66. The number of aromatic amines is 1. The van der Waals surface area contributed by atoms with Crippen LogP contribution >= 0.6 is 0 Å². The monoisotopic (exact) mass is 195 g/mol. The Kier molecular flexibility index (Phi) is 3.19. The average molecular weight is 195 g/mol. The molecule has 4 heteroatoms. The molecule has 14 heavy (non-hydrogen) atoms. The van der Waals surface area contributed by atoms with Crippen LogP contribution in [0.3, 0.4) is 0 Å². The minimum atomic E-state index is -0.194. The second-order valence-electron chi connectivity index (χ2n) is 3.10. The number of carbonyl (C=O) groups is 2. The van der Waals surface area contributed by atoms with E-state index in [9.17, 15) is 9.59 Å². The molecule has 0 saturated heterocycles. The average Bonchev–Trinajstić information content (AvgIpc) is 2.53. The van der Waals surface area contributed by atoms with Gasteiger partial charge in [0.2, 0.25) is 0 Å². The topological polar surface area (TPSA) is 59.2 Å². The van der Waals surface area contributed by atoms with E-state index in [1.807, 2.05) is 6.92 Å². The first-order chi connectivity index (χ1) is 6.65. The van der Waals surface area contributed by atoms with E-state index in [0.29, 0.717) is 24.0 Å². The van der Waals surface area contributed by atoms with Crippen LogP contribution in [-0.4, -0.2) is 24.7 Å². The van der Waals surface area contributed by atoms with Crippen molar-refractivity contribution >= 4 is 12.6 Å². The normalized spacial score (nSPS) is 12.5. The molecule has 0 aliphatic heterocycles. The van der Waals surface area contributed by atoms with Crippen LogP contribution in [0.2, 0.25) is 0 Å². The number of aldehydes is 2. The Morgan fingerprint density at radius 3 is 2.29 bits per heavy atom. The zero-order valence-electron chi connectivity index (χ0n) is 8.46. The summed E-state index contributed by atoms with van der Waals surface area (Å²) < 4.78 is 5.12. The Balaban J connectivity index is 3.30. The molecule has 0 fully saturated rings. The van der Waals surface area contributed by atoms with Crippen molar-refractivity contribution in [2.24, 2.45) is 0 Å². The highest BCUT2D eigenvalue weighted by Crippen LogP contribution is 2.25. The fourth-order valence-electron chi connectivity index (χ4n) is 1.51. The Morgan fingerprint density at radius 1 is 1.29 bits per heavy atom. The van der Waals surface area contributed by atoms with Crippen molar-refractivity contribution in [2.75, 3.05) is 7.11 Å². The van der Waals surface area contributed by atoms with Gasteiger partial charge in [-0.15, -0.1) is 0 Å². The first-order valence-corrected chi connectivity index (χ1v) is 4.31. The molecule has 0 radical (unpaired) electrons. The van der Waals surface area contributed by atoms with Crippen LogP contribution in [0.5, 0.6) is 0 Å². The lowest BCUT2D eigenvalue weighted by Crippen LogP contribution is -2.00. The largest absolute Gasteiger partial charge is 0.377 e. The Bertz CT molecular complexity index is 354. The van der Waals surface area contributed by atoms with Crippen molar-refractivity contribution in [1.82, 2.24) is 4.98 Å². The summed E-state index contributed by atoms with van der Waals surface area (Å²) in [5.74, 6) is 0. The van der Waals surface area contributed by atoms with E-state index >= 15 is 0 Å². The molecular formula is C10H13NO3. The molecule has 0 aromatic carbocycles. The molecule has 1 unspecified atom stereocenters. The third-order valence-electron chi connectivity index (χ3n) is 2.36. The number of hydrogen-bond donors (Lipinski definition) is 1. The molecule has 1 atom stereocenters. The molecule has 0 bridgehead atoms. The zero-order valence-corrected chi connectivity index (χ0v) is 8.46. The van der Waals surface area contributed by atoms with E-state index in [2.05, 4.69) is 4.98 Å². The number of ether oxygens (including phenoxy) is 1. The SMILES string of the molecule is COC(C)c1c(C=O)[nH]c(C=O)c1C. The molecule has 1 N–H and O–H groups in total. The van der Waals surface area contributed by atoms with Crippen molar-refractivity contribution in [3.05, 3.63) is 22.5 Å². The fourth-order valence-corrected chi connectivity index (χ4v) is 1.51. The highest BCUT2D eigenvalue weighted by Gasteiger charge is 2.18. The molecule has 0 aliphatic carbocycles. The lowest BCUT2D eigenvalue weighted by molar-refractivity contribution is 0.108. The van der Waals surface area contributed by atoms with Crippen LogP contribution in [0, 0.1) is 6.92 Å². The number of H-pyrrole nitrogens is 1. The molecule has 0 spiro atoms. The number of nitrogens with one attached hydrogen (secondary N) is 1. The van der Waals surface area contributed by atoms with Gasteiger partial charge in [0.15, 0.2) is 12.6 Å². The molecule has 1 aromatic heterocycles. The predicted molar refractivity (Wildman–Crippen MR) is 51.7 cm³/mol. The molecule has 4 nitrogen and oxygen atoms in total. The lowest BCUT2D eigenvalue weighted by Gasteiger charge is -2.09. The van der Waals surface area contributed by atoms with Gasteiger partial charge in [-0.2, -0.15) is 0 Å². The minimum Gasteiger partial charge on any atom is -0.377 e. The van der Waals surface area contributed by atoms with Gasteiger partial charge in [-0.25, -0.2) is 0 Å². The standard InChI is InChI=1S/C10H13NO3/c1-6-8(4-12)11-9(5-13)10(6)7(2)14-3/h4-5,7,11H,1-3H3. The highest BCUT2D eigenvalue weighted by atomic mass is 16.5. The summed E-state index contributed by atoms with van der Waals surface area (Å²) in [4.78, 5) is 24.1. The quantitative estimate of drug-likeness (QED) is 0.743. The Morgan fingerprint density at radius 2 is 1.86 bits per heavy atom. The van der Waals surface area contributed by atoms with Crippen LogP contribution in [0.15, 0.2) is 0 Å². The van der Waals surface area contributed by atoms with Crippen molar-refractivity contribution in [3.63, 3.8) is 0 Å². The van der Waals surface area contributed by atoms with Gasteiger partial charge in [0, 0.05) is 12.7 Å². The molecule has 76 valence electrons. The summed E-state index contributed by atoms with van der Waals surface area (Å²) in [6, 6.07) is 0. The van der Waals surface area contributed by atoms with Gasteiger partial charge in [0.05, 0.1) is 17.5 Å². The van der Waals surface area contributed by atoms with Crippen molar-refractivity contribution in [1.29, 1.82) is 0 Å². The summed E-state index contributed by atoms with van der Waals surface area (Å²) in [7, 11) is 1.56. The van der Waals surface area contributed by atoms with Crippen LogP contribution in [-0.2, 0) is 4.74 Å². The van der Waals surface area contributed by atoms with Gasteiger partial charge in [-0.1, -0.05) is 0 Å². The van der Waals surface area contributed by atoms with Gasteiger partial charge in [0.1, 0.15) is 0 Å². The second-order valence-corrected chi connectivity index (χ2v) is 3.10. The fraction of sp³-hybridized carbons (Fsp3) is 0.400. The van der Waals surface area contributed by atoms with Crippen LogP contribution in [0.4, 0.5) is 0 Å². The first-order valence-electron chi connectivity index (χ1n) is 4.31. The van der Waals surface area contributed by atoms with E-state index < -0.39 is 0 Å². The van der Waals surface area contributed by atoms with E-state index in [1.165, 1.54) is 0 Å². The van der Waals surface area contributed by atoms with Gasteiger partial charge in [-0.3, -0.25) is 9.59 Å². The summed E-state index contributed by atoms with van der Waals surface area (Å²) in [6.07, 6.45) is 1.21. The van der Waals surface area contributed by atoms with Gasteiger partial charge >= 0.3 is 0 Å². The van der Waals surface area contributed by atoms with Crippen LogP contribution in [0.1, 0.15) is 45.1 Å². The molecule has 1 heterocycles. The van der Waals surface area contributed by atoms with Crippen LogP contribution < -0.4 is 0 Å². The zero-order chi connectivity index (χ0) is 10.7. The van der Waals surface area contributed by atoms with E-state index in [-0.39, 0.29) is 6.10 Å². The molecule has 0 saturated carbocycles. The summed E-state index contributed by atoms with van der Waals surface area (Å²) >= 11 is 0. The highest BCUT2D eigenvalue weighted by molar-refractivity contribution is 5.83. The van der Waals surface area contributed by atoms with Crippen molar-refractivity contribution in [3.8, 4) is 0 Å². The number of methoxy groups -OCH3 is 1. The van der Waals surface area contributed by atoms with Gasteiger partial charge in [0.25, 0.3) is 0 Å². The van der Waals surface area contributed by atoms with Crippen molar-refractivity contribution < 1.29 is 14.3 Å². The molecule has 1 rings (SSSR count). The first kappa shape index (κ1) is 10.7. The number of aromatic nitrogens is 1.